The summed E-state index contributed by atoms with van der Waals surface area (Å²) in [7, 11) is 0. The van der Waals surface area contributed by atoms with Gasteiger partial charge in [-0.15, -0.1) is 0 Å². The fourth-order valence-electron chi connectivity index (χ4n) is 5.64. The van der Waals surface area contributed by atoms with E-state index in [-0.39, 0.29) is 50.2 Å². The number of carbonyl (C=O) groups is 4. The van der Waals surface area contributed by atoms with E-state index in [9.17, 15) is 24.3 Å². The largest absolute Gasteiger partial charge is 0.507 e. The number of hydrogen-bond donors (Lipinski definition) is 1. The first-order valence-corrected chi connectivity index (χ1v) is 15.7. The zero-order valence-electron chi connectivity index (χ0n) is 22.4. The molecule has 2 heterocycles. The first kappa shape index (κ1) is 29.5. The predicted molar refractivity (Wildman–Crippen MR) is 169 cm³/mol. The fourth-order valence-corrected chi connectivity index (χ4v) is 7.05. The summed E-state index contributed by atoms with van der Waals surface area (Å²) in [4.78, 5) is 58.5. The fraction of sp³-hybridized carbons (Fsp3) is 0.219. The molecule has 2 amide bonds. The maximum atomic E-state index is 13.2. The molecule has 4 unspecified atom stereocenters. The van der Waals surface area contributed by atoms with E-state index in [0.29, 0.717) is 45.7 Å². The second-order valence-electron chi connectivity index (χ2n) is 10.5. The van der Waals surface area contributed by atoms with Crippen molar-refractivity contribution in [3.05, 3.63) is 88.9 Å². The van der Waals surface area contributed by atoms with E-state index in [0.717, 1.165) is 0 Å². The van der Waals surface area contributed by atoms with Crippen LogP contribution in [0.4, 0.5) is 5.69 Å². The molecule has 2 aliphatic rings. The number of para-hydroxylation sites is 1. The number of amides is 2. The molecule has 1 aliphatic heterocycles. The summed E-state index contributed by atoms with van der Waals surface area (Å²) in [5.74, 6) is -2.63. The molecule has 8 nitrogen and oxygen atoms in total. The maximum Gasteiger partial charge on any atom is 0.339 e. The van der Waals surface area contributed by atoms with Crippen molar-refractivity contribution in [2.45, 2.75) is 22.5 Å². The minimum atomic E-state index is -0.762. The van der Waals surface area contributed by atoms with Gasteiger partial charge in [0.2, 0.25) is 17.6 Å². The van der Waals surface area contributed by atoms with E-state index < -0.39 is 18.4 Å². The van der Waals surface area contributed by atoms with Crippen LogP contribution < -0.4 is 4.90 Å². The topological polar surface area (TPSA) is 114 Å². The first-order chi connectivity index (χ1) is 20.6. The van der Waals surface area contributed by atoms with Gasteiger partial charge in [0, 0.05) is 25.6 Å². The number of rotatable bonds is 6. The van der Waals surface area contributed by atoms with Crippen molar-refractivity contribution in [1.29, 1.82) is 0 Å². The van der Waals surface area contributed by atoms with Gasteiger partial charge in [-0.1, -0.05) is 67.7 Å². The number of phenolic OH excluding ortho intramolecular Hbond substituents is 1. The van der Waals surface area contributed by atoms with E-state index >= 15 is 0 Å². The number of Topliss-reactive ketones (excluding diaryl/α,β-unsaturated/α-hetero) is 1. The second-order valence-corrected chi connectivity index (χ2v) is 13.3. The van der Waals surface area contributed by atoms with Gasteiger partial charge in [-0.05, 0) is 61.4 Å². The van der Waals surface area contributed by atoms with E-state index in [1.54, 1.807) is 60.7 Å². The lowest BCUT2D eigenvalue weighted by Gasteiger charge is -2.29. The lowest BCUT2D eigenvalue weighted by molar-refractivity contribution is -0.122. The Bertz CT molecular complexity index is 1770. The zero-order chi connectivity index (χ0) is 30.4. The molecule has 4 aromatic rings. The number of ketones is 1. The smallest absolute Gasteiger partial charge is 0.339 e. The van der Waals surface area contributed by atoms with Crippen molar-refractivity contribution in [2.75, 3.05) is 11.5 Å². The molecule has 0 radical (unpaired) electrons. The molecule has 2 fully saturated rings. The number of carbonyl (C=O) groups excluding carboxylic acids is 4. The van der Waals surface area contributed by atoms with Crippen LogP contribution in [0.5, 0.6) is 5.75 Å². The van der Waals surface area contributed by atoms with E-state index in [4.69, 9.17) is 21.3 Å². The highest BCUT2D eigenvalue weighted by Crippen LogP contribution is 2.44. The third kappa shape index (κ3) is 5.59. The first-order valence-electron chi connectivity index (χ1n) is 13.5. The molecular weight excluding hydrogens is 704 g/mol. The Balaban J connectivity index is 1.28. The van der Waals surface area contributed by atoms with Crippen molar-refractivity contribution in [3.8, 4) is 17.0 Å². The molecule has 1 aromatic heterocycles. The SMILES string of the molecule is O=C(COC(=O)c1cc(-c2ccc(N3C(=O)C4CC(Br)C(Br)CC4C3=O)cc2)nc2ccc(Cl)cc12)c1ccccc1O. The summed E-state index contributed by atoms with van der Waals surface area (Å²) in [6, 6.07) is 19.3. The minimum Gasteiger partial charge on any atom is -0.507 e. The number of aromatic hydroxyl groups is 1. The molecule has 1 N–H and O–H groups in total. The Labute approximate surface area is 268 Å². The molecule has 1 saturated carbocycles. The number of phenols is 1. The summed E-state index contributed by atoms with van der Waals surface area (Å²) in [6.07, 6.45) is 1.17. The number of aromatic nitrogens is 1. The second kappa shape index (κ2) is 11.8. The number of halogens is 3. The van der Waals surface area contributed by atoms with Crippen LogP contribution in [0.1, 0.15) is 33.6 Å². The third-order valence-electron chi connectivity index (χ3n) is 7.86. The molecule has 11 heteroatoms. The number of nitrogens with zero attached hydrogens (tertiary/aromatic N) is 2. The van der Waals surface area contributed by atoms with Gasteiger partial charge in [0.1, 0.15) is 5.75 Å². The lowest BCUT2D eigenvalue weighted by Crippen LogP contribution is -2.34. The van der Waals surface area contributed by atoms with Gasteiger partial charge in [0.15, 0.2) is 6.61 Å². The highest BCUT2D eigenvalue weighted by atomic mass is 79.9. The standard InChI is InChI=1S/C32H23Br2ClN2O6/c33-24-12-21-22(13-25(24)34)31(41)37(30(21)40)18-8-5-16(6-9-18)27-14-23(20-11-17(35)7-10-26(20)36-27)32(42)43-15-29(39)19-3-1-2-4-28(19)38/h1-11,14,21-22,24-25,38H,12-13,15H2. The van der Waals surface area contributed by atoms with Crippen molar-refractivity contribution >= 4 is 83.6 Å². The van der Waals surface area contributed by atoms with Crippen molar-refractivity contribution in [3.63, 3.8) is 0 Å². The summed E-state index contributed by atoms with van der Waals surface area (Å²) in [6.45, 7) is -0.573. The molecule has 0 bridgehead atoms. The van der Waals surface area contributed by atoms with Crippen LogP contribution in [0, 0.1) is 11.8 Å². The van der Waals surface area contributed by atoms with Gasteiger partial charge in [-0.3, -0.25) is 19.3 Å². The van der Waals surface area contributed by atoms with Gasteiger partial charge in [0.05, 0.1) is 39.9 Å². The number of ether oxygens (including phenoxy) is 1. The molecule has 0 spiro atoms. The molecule has 3 aromatic carbocycles. The monoisotopic (exact) mass is 724 g/mol. The van der Waals surface area contributed by atoms with Crippen LogP contribution in [0.15, 0.2) is 72.8 Å². The Kier molecular flexibility index (Phi) is 8.10. The van der Waals surface area contributed by atoms with Crippen molar-refractivity contribution < 1.29 is 29.0 Å². The number of benzene rings is 3. The molecule has 4 atom stereocenters. The normalized spacial score (nSPS) is 21.6. The van der Waals surface area contributed by atoms with Crippen LogP contribution in [0.3, 0.4) is 0 Å². The maximum absolute atomic E-state index is 13.2. The van der Waals surface area contributed by atoms with Gasteiger partial charge >= 0.3 is 5.97 Å². The molecule has 43 heavy (non-hydrogen) atoms. The van der Waals surface area contributed by atoms with Gasteiger partial charge in [0.25, 0.3) is 0 Å². The number of imide groups is 1. The number of alkyl halides is 2. The summed E-state index contributed by atoms with van der Waals surface area (Å²) >= 11 is 13.4. The van der Waals surface area contributed by atoms with Crippen molar-refractivity contribution in [1.82, 2.24) is 4.98 Å². The highest BCUT2D eigenvalue weighted by molar-refractivity contribution is 9.12. The quantitative estimate of drug-likeness (QED) is 0.102. The molecule has 1 saturated heterocycles. The van der Waals surface area contributed by atoms with Gasteiger partial charge in [-0.2, -0.15) is 0 Å². The zero-order valence-corrected chi connectivity index (χ0v) is 26.3. The highest BCUT2D eigenvalue weighted by Gasteiger charge is 2.52. The van der Waals surface area contributed by atoms with E-state index in [1.165, 1.54) is 17.0 Å². The van der Waals surface area contributed by atoms with Crippen LogP contribution in [-0.2, 0) is 14.3 Å². The van der Waals surface area contributed by atoms with Gasteiger partial charge in [-0.25, -0.2) is 9.78 Å². The Morgan fingerprint density at radius 3 is 2.21 bits per heavy atom. The van der Waals surface area contributed by atoms with E-state index in [1.807, 2.05) is 0 Å². The molecule has 6 rings (SSSR count). The summed E-state index contributed by atoms with van der Waals surface area (Å²) in [5, 5.41) is 10.8. The Morgan fingerprint density at radius 1 is 0.907 bits per heavy atom. The van der Waals surface area contributed by atoms with Gasteiger partial charge < -0.3 is 9.84 Å². The molecule has 1 aliphatic carbocycles. The van der Waals surface area contributed by atoms with Crippen molar-refractivity contribution in [2.24, 2.45) is 11.8 Å². The van der Waals surface area contributed by atoms with E-state index in [2.05, 4.69) is 31.9 Å². The summed E-state index contributed by atoms with van der Waals surface area (Å²) in [5.41, 5.74) is 2.23. The molecular formula is C32H23Br2ClN2O6. The molecule has 218 valence electrons. The number of anilines is 1. The van der Waals surface area contributed by atoms with Crippen LogP contribution in [-0.4, -0.2) is 49.9 Å². The number of hydrogen-bond acceptors (Lipinski definition) is 7. The Morgan fingerprint density at radius 2 is 1.56 bits per heavy atom. The lowest BCUT2D eigenvalue weighted by atomic mass is 9.81. The number of esters is 1. The Hall–Kier alpha value is -3.60. The number of fused-ring (bicyclic) bond motifs is 2. The van der Waals surface area contributed by atoms with Crippen LogP contribution >= 0.6 is 43.5 Å². The van der Waals surface area contributed by atoms with Crippen LogP contribution in [0.2, 0.25) is 5.02 Å². The predicted octanol–water partition coefficient (Wildman–Crippen LogP) is 6.73. The van der Waals surface area contributed by atoms with Crippen LogP contribution in [0.25, 0.3) is 22.2 Å². The minimum absolute atomic E-state index is 0.0481. The number of pyridine rings is 1. The third-order valence-corrected chi connectivity index (χ3v) is 10.8. The average Bonchev–Trinajstić information content (AvgIpc) is 3.23. The average molecular weight is 727 g/mol. The summed E-state index contributed by atoms with van der Waals surface area (Å²) < 4.78 is 5.35.